The summed E-state index contributed by atoms with van der Waals surface area (Å²) in [6.45, 7) is 3.50. The van der Waals surface area contributed by atoms with Gasteiger partial charge in [0.05, 0.1) is 18.5 Å². The Morgan fingerprint density at radius 3 is 2.22 bits per heavy atom. The van der Waals surface area contributed by atoms with Crippen LogP contribution in [0.2, 0.25) is 0 Å². The molecule has 0 saturated heterocycles. The number of rotatable bonds is 5. The predicted octanol–water partition coefficient (Wildman–Crippen LogP) is 3.35. The topological polar surface area (TPSA) is 92.4 Å². The third kappa shape index (κ3) is 5.31. The Hall–Kier alpha value is -3.09. The Bertz CT molecular complexity index is 669. The van der Waals surface area contributed by atoms with Crippen molar-refractivity contribution in [3.05, 3.63) is 42.6 Å². The van der Waals surface area contributed by atoms with Crippen LogP contribution in [0.5, 0.6) is 0 Å². The molecule has 1 aromatic heterocycles. The Balaban J connectivity index is 1.95. The molecular formula is C16H18N4O3. The van der Waals surface area contributed by atoms with Crippen molar-refractivity contribution in [3.8, 4) is 0 Å². The zero-order valence-corrected chi connectivity index (χ0v) is 12.9. The van der Waals surface area contributed by atoms with Gasteiger partial charge in [0.15, 0.2) is 0 Å². The van der Waals surface area contributed by atoms with Gasteiger partial charge in [0.25, 0.3) is 0 Å². The van der Waals surface area contributed by atoms with Gasteiger partial charge >= 0.3 is 6.09 Å². The molecule has 0 atom stereocenters. The Morgan fingerprint density at radius 1 is 1.00 bits per heavy atom. The molecule has 2 rings (SSSR count). The van der Waals surface area contributed by atoms with Crippen LogP contribution in [-0.2, 0) is 9.53 Å². The summed E-state index contributed by atoms with van der Waals surface area (Å²) in [5.41, 5.74) is 2.36. The standard InChI is InChI=1S/C16H18N4O3/c1-3-23-16(22)20-15-9-8-14(10-17-15)19-13-6-4-12(5-7-13)18-11(2)21/h4-10,19H,3H2,1-2H3,(H,18,21)(H,17,20,22). The average Bonchev–Trinajstić information content (AvgIpc) is 2.51. The molecule has 1 heterocycles. The van der Waals surface area contributed by atoms with E-state index in [1.165, 1.54) is 6.92 Å². The van der Waals surface area contributed by atoms with E-state index in [0.29, 0.717) is 12.4 Å². The van der Waals surface area contributed by atoms with Gasteiger partial charge in [0.2, 0.25) is 5.91 Å². The zero-order chi connectivity index (χ0) is 16.7. The molecule has 120 valence electrons. The van der Waals surface area contributed by atoms with Crippen molar-refractivity contribution in [1.29, 1.82) is 0 Å². The summed E-state index contributed by atoms with van der Waals surface area (Å²) in [5.74, 6) is 0.301. The molecule has 0 spiro atoms. The number of nitrogens with zero attached hydrogens (tertiary/aromatic N) is 1. The molecule has 2 aromatic rings. The van der Waals surface area contributed by atoms with Crippen LogP contribution < -0.4 is 16.0 Å². The minimum Gasteiger partial charge on any atom is -0.450 e. The zero-order valence-electron chi connectivity index (χ0n) is 12.9. The van der Waals surface area contributed by atoms with Crippen molar-refractivity contribution in [2.75, 3.05) is 22.6 Å². The summed E-state index contributed by atoms with van der Waals surface area (Å²) in [5, 5.41) is 8.39. The average molecular weight is 314 g/mol. The largest absolute Gasteiger partial charge is 0.450 e. The molecule has 0 aliphatic carbocycles. The molecule has 7 nitrogen and oxygen atoms in total. The SMILES string of the molecule is CCOC(=O)Nc1ccc(Nc2ccc(NC(C)=O)cc2)cn1. The quantitative estimate of drug-likeness (QED) is 0.787. The molecule has 7 heteroatoms. The first kappa shape index (κ1) is 16.3. The van der Waals surface area contributed by atoms with Crippen LogP contribution in [0.3, 0.4) is 0 Å². The summed E-state index contributed by atoms with van der Waals surface area (Å²) in [6.07, 6.45) is 1.07. The van der Waals surface area contributed by atoms with Gasteiger partial charge in [0.1, 0.15) is 5.82 Å². The van der Waals surface area contributed by atoms with Gasteiger partial charge in [-0.3, -0.25) is 10.1 Å². The number of aromatic nitrogens is 1. The van der Waals surface area contributed by atoms with Crippen LogP contribution in [0.25, 0.3) is 0 Å². The highest BCUT2D eigenvalue weighted by atomic mass is 16.5. The van der Waals surface area contributed by atoms with E-state index in [4.69, 9.17) is 4.74 Å². The van der Waals surface area contributed by atoms with Crippen LogP contribution >= 0.6 is 0 Å². The van der Waals surface area contributed by atoms with E-state index in [9.17, 15) is 9.59 Å². The third-order valence-electron chi connectivity index (χ3n) is 2.76. The van der Waals surface area contributed by atoms with Crippen LogP contribution in [0, 0.1) is 0 Å². The van der Waals surface area contributed by atoms with Gasteiger partial charge in [0, 0.05) is 18.3 Å². The number of carbonyl (C=O) groups excluding carboxylic acids is 2. The maximum Gasteiger partial charge on any atom is 0.412 e. The van der Waals surface area contributed by atoms with Crippen LogP contribution in [-0.4, -0.2) is 23.6 Å². The van der Waals surface area contributed by atoms with Gasteiger partial charge in [-0.2, -0.15) is 0 Å². The second kappa shape index (κ2) is 7.79. The number of hydrogen-bond donors (Lipinski definition) is 3. The second-order valence-electron chi connectivity index (χ2n) is 4.66. The van der Waals surface area contributed by atoms with E-state index in [1.807, 2.05) is 12.1 Å². The molecule has 1 aromatic carbocycles. The monoisotopic (exact) mass is 314 g/mol. The lowest BCUT2D eigenvalue weighted by Crippen LogP contribution is -2.14. The van der Waals surface area contributed by atoms with Crippen LogP contribution in [0.15, 0.2) is 42.6 Å². The minimum absolute atomic E-state index is 0.111. The summed E-state index contributed by atoms with van der Waals surface area (Å²) in [4.78, 5) is 26.4. The number of amides is 2. The van der Waals surface area contributed by atoms with Crippen molar-refractivity contribution in [2.45, 2.75) is 13.8 Å². The lowest BCUT2D eigenvalue weighted by Gasteiger charge is -2.09. The first-order chi connectivity index (χ1) is 11.1. The highest BCUT2D eigenvalue weighted by molar-refractivity contribution is 5.88. The fourth-order valence-corrected chi connectivity index (χ4v) is 1.82. The van der Waals surface area contributed by atoms with Crippen molar-refractivity contribution in [3.63, 3.8) is 0 Å². The number of pyridine rings is 1. The fraction of sp³-hybridized carbons (Fsp3) is 0.188. The van der Waals surface area contributed by atoms with Crippen molar-refractivity contribution >= 4 is 34.9 Å². The second-order valence-corrected chi connectivity index (χ2v) is 4.66. The normalized spacial score (nSPS) is 9.83. The number of ether oxygens (including phenoxy) is 1. The number of nitrogens with one attached hydrogen (secondary N) is 3. The van der Waals surface area contributed by atoms with Gasteiger partial charge in [-0.1, -0.05) is 0 Å². The predicted molar refractivity (Wildman–Crippen MR) is 88.9 cm³/mol. The van der Waals surface area contributed by atoms with E-state index in [2.05, 4.69) is 20.9 Å². The van der Waals surface area contributed by atoms with E-state index in [1.54, 1.807) is 37.4 Å². The van der Waals surface area contributed by atoms with E-state index in [0.717, 1.165) is 17.1 Å². The molecule has 0 unspecified atom stereocenters. The number of anilines is 4. The lowest BCUT2D eigenvalue weighted by atomic mass is 10.2. The Kier molecular flexibility index (Phi) is 5.51. The van der Waals surface area contributed by atoms with Gasteiger partial charge in [-0.25, -0.2) is 9.78 Å². The highest BCUT2D eigenvalue weighted by Crippen LogP contribution is 2.19. The van der Waals surface area contributed by atoms with E-state index in [-0.39, 0.29) is 5.91 Å². The maximum absolute atomic E-state index is 11.3. The molecule has 0 radical (unpaired) electrons. The number of hydrogen-bond acceptors (Lipinski definition) is 5. The number of benzene rings is 1. The molecule has 0 bridgehead atoms. The lowest BCUT2D eigenvalue weighted by molar-refractivity contribution is -0.114. The first-order valence-corrected chi connectivity index (χ1v) is 7.11. The molecule has 0 fully saturated rings. The fourth-order valence-electron chi connectivity index (χ4n) is 1.82. The highest BCUT2D eigenvalue weighted by Gasteiger charge is 2.03. The molecule has 0 aliphatic heterocycles. The smallest absolute Gasteiger partial charge is 0.412 e. The van der Waals surface area contributed by atoms with Gasteiger partial charge < -0.3 is 15.4 Å². The molecule has 0 saturated carbocycles. The molecule has 23 heavy (non-hydrogen) atoms. The first-order valence-electron chi connectivity index (χ1n) is 7.11. The minimum atomic E-state index is -0.533. The summed E-state index contributed by atoms with van der Waals surface area (Å²) in [7, 11) is 0. The molecule has 3 N–H and O–H groups in total. The summed E-state index contributed by atoms with van der Waals surface area (Å²) >= 11 is 0. The van der Waals surface area contributed by atoms with Crippen molar-refractivity contribution in [1.82, 2.24) is 4.98 Å². The van der Waals surface area contributed by atoms with Gasteiger partial charge in [-0.15, -0.1) is 0 Å². The summed E-state index contributed by atoms with van der Waals surface area (Å²) in [6, 6.07) is 10.7. The summed E-state index contributed by atoms with van der Waals surface area (Å²) < 4.78 is 4.77. The third-order valence-corrected chi connectivity index (χ3v) is 2.76. The Morgan fingerprint density at radius 2 is 1.65 bits per heavy atom. The van der Waals surface area contributed by atoms with E-state index >= 15 is 0 Å². The van der Waals surface area contributed by atoms with Gasteiger partial charge in [-0.05, 0) is 43.3 Å². The van der Waals surface area contributed by atoms with Crippen LogP contribution in [0.4, 0.5) is 27.7 Å². The number of carbonyl (C=O) groups is 2. The maximum atomic E-state index is 11.3. The van der Waals surface area contributed by atoms with Crippen molar-refractivity contribution in [2.24, 2.45) is 0 Å². The molecule has 0 aliphatic rings. The van der Waals surface area contributed by atoms with Crippen molar-refractivity contribution < 1.29 is 14.3 Å². The molecular weight excluding hydrogens is 296 g/mol. The molecule has 2 amide bonds. The Labute approximate surface area is 134 Å². The van der Waals surface area contributed by atoms with Crippen LogP contribution in [0.1, 0.15) is 13.8 Å². The van der Waals surface area contributed by atoms with E-state index < -0.39 is 6.09 Å².